The van der Waals surface area contributed by atoms with Crippen molar-refractivity contribution in [2.24, 2.45) is 0 Å². The molecule has 0 aliphatic heterocycles. The van der Waals surface area contributed by atoms with E-state index >= 15 is 0 Å². The van der Waals surface area contributed by atoms with Gasteiger partial charge in [-0.15, -0.1) is 0 Å². The van der Waals surface area contributed by atoms with Gasteiger partial charge in [0.1, 0.15) is 0 Å². The molecule has 0 amide bonds. The minimum Gasteiger partial charge on any atom is 0 e. The van der Waals surface area contributed by atoms with Gasteiger partial charge in [-0.2, -0.15) is 0 Å². The molecule has 0 aromatic heterocycles. The first kappa shape index (κ1) is 25.6. The molecule has 0 aliphatic carbocycles. The normalized spacial score (nSPS) is 8.09. The zero-order chi connectivity index (χ0) is 17.1. The van der Waals surface area contributed by atoms with Crippen molar-refractivity contribution in [2.75, 3.05) is 0 Å². The topological polar surface area (TPSA) is 59.7 Å². The van der Waals surface area contributed by atoms with Gasteiger partial charge in [-0.25, -0.2) is 0 Å². The van der Waals surface area contributed by atoms with E-state index in [9.17, 15) is 0 Å². The molecule has 2 aromatic carbocycles. The summed E-state index contributed by atoms with van der Waals surface area (Å²) in [5.74, 6) is 0. The molecule has 0 atom stereocenters. The van der Waals surface area contributed by atoms with Crippen molar-refractivity contribution in [3.05, 3.63) is 104 Å². The van der Waals surface area contributed by atoms with Crippen LogP contribution in [0.1, 0.15) is 11.1 Å². The van der Waals surface area contributed by atoms with Crippen LogP contribution in [-0.2, 0) is 31.0 Å². The number of rotatable bonds is 3. The Morgan fingerprint density at radius 2 is 0.783 bits per heavy atom. The minimum atomic E-state index is 0. The van der Waals surface area contributed by atoms with E-state index in [0.717, 1.165) is 0 Å². The minimum absolute atomic E-state index is 0. The van der Waals surface area contributed by atoms with Crippen molar-refractivity contribution < 1.29 is 31.0 Å². The van der Waals surface area contributed by atoms with Crippen LogP contribution in [0.4, 0.5) is 0 Å². The van der Waals surface area contributed by atoms with Gasteiger partial charge >= 0.3 is 33.9 Å². The predicted octanol–water partition coefficient (Wildman–Crippen LogP) is 4.30. The van der Waals surface area contributed by atoms with Crippen molar-refractivity contribution >= 4 is 12.2 Å². The molecule has 0 spiro atoms. The Morgan fingerprint density at radius 1 is 0.522 bits per heavy atom. The molecular weight excluding hydrogens is 332 g/mol. The average Bonchev–Trinajstić information content (AvgIpc) is 2.66. The van der Waals surface area contributed by atoms with E-state index in [-0.39, 0.29) is 17.1 Å². The van der Waals surface area contributed by atoms with Crippen LogP contribution in [0.2, 0.25) is 0 Å². The Hall–Kier alpha value is -2.34. The third kappa shape index (κ3) is 14.4. The van der Waals surface area contributed by atoms with Gasteiger partial charge in [0.05, 0.1) is 0 Å². The van der Waals surface area contributed by atoms with Gasteiger partial charge in [0.25, 0.3) is 0 Å². The van der Waals surface area contributed by atoms with Crippen molar-refractivity contribution in [1.82, 2.24) is 0 Å². The zero-order valence-electron chi connectivity index (χ0n) is 12.2. The Bertz CT molecular complexity index is 535. The summed E-state index contributed by atoms with van der Waals surface area (Å²) < 4.78 is 22.5. The van der Waals surface area contributed by atoms with Crippen LogP contribution >= 0.6 is 0 Å². The molecule has 0 heterocycles. The third-order valence-electron chi connectivity index (χ3n) is 2.29. The Balaban J connectivity index is -0.000000514. The fourth-order valence-electron chi connectivity index (χ4n) is 1.46. The van der Waals surface area contributed by atoms with Crippen molar-refractivity contribution in [3.8, 4) is 0 Å². The van der Waals surface area contributed by atoms with Crippen LogP contribution in [0.3, 0.4) is 0 Å². The van der Waals surface area contributed by atoms with E-state index in [1.807, 2.05) is 36.4 Å². The van der Waals surface area contributed by atoms with E-state index in [4.69, 9.17) is 14.0 Å². The van der Waals surface area contributed by atoms with E-state index in [0.29, 0.717) is 0 Å². The quantitative estimate of drug-likeness (QED) is 0.344. The molecule has 0 saturated heterocycles. The molecule has 2 rings (SSSR count). The molecule has 0 aliphatic rings. The Kier molecular flexibility index (Phi) is 24.4. The first-order valence-corrected chi connectivity index (χ1v) is 6.01. The smallest absolute Gasteiger partial charge is 0 e. The molecule has 2 aromatic rings. The van der Waals surface area contributed by atoms with Crippen molar-refractivity contribution in [3.63, 3.8) is 0 Å². The van der Waals surface area contributed by atoms with Crippen molar-refractivity contribution in [1.29, 1.82) is 0 Å². The van der Waals surface area contributed by atoms with Crippen LogP contribution in [0, 0.1) is 20.0 Å². The number of hydrogen-bond donors (Lipinski definition) is 0. The molecule has 23 heavy (non-hydrogen) atoms. The van der Waals surface area contributed by atoms with Gasteiger partial charge in [-0.05, 0) is 11.1 Å². The molecule has 0 radical (unpaired) electrons. The van der Waals surface area contributed by atoms with Crippen LogP contribution in [-0.4, -0.2) is 0 Å². The molecule has 0 unspecified atom stereocenters. The molecule has 0 saturated carbocycles. The summed E-state index contributed by atoms with van der Waals surface area (Å²) in [6, 6.07) is 20.6. The largest absolute Gasteiger partial charge is 0 e. The Labute approximate surface area is 147 Å². The summed E-state index contributed by atoms with van der Waals surface area (Å²) in [4.78, 5) is 0. The fourth-order valence-corrected chi connectivity index (χ4v) is 1.46. The zero-order valence-corrected chi connectivity index (χ0v) is 13.3. The molecule has 0 fully saturated rings. The molecule has 3 nitrogen and oxygen atoms in total. The Morgan fingerprint density at radius 3 is 1.04 bits per heavy atom. The van der Waals surface area contributed by atoms with Gasteiger partial charge in [-0.1, -0.05) is 85.0 Å². The summed E-state index contributed by atoms with van der Waals surface area (Å²) in [7, 11) is 0. The second kappa shape index (κ2) is 21.9. The summed E-state index contributed by atoms with van der Waals surface area (Å²) in [6.07, 6.45) is 8.31. The van der Waals surface area contributed by atoms with Crippen LogP contribution in [0.15, 0.2) is 72.8 Å². The maximum atomic E-state index is 7.50. The monoisotopic (exact) mass is 346 g/mol. The first-order chi connectivity index (χ1) is 10.9. The van der Waals surface area contributed by atoms with Gasteiger partial charge in [-0.3, -0.25) is 0 Å². The van der Waals surface area contributed by atoms with E-state index in [1.54, 1.807) is 0 Å². The van der Waals surface area contributed by atoms with E-state index in [1.165, 1.54) is 11.1 Å². The van der Waals surface area contributed by atoms with Gasteiger partial charge in [0.2, 0.25) is 0 Å². The van der Waals surface area contributed by atoms with Gasteiger partial charge in [0.15, 0.2) is 0 Å². The van der Waals surface area contributed by atoms with Gasteiger partial charge < -0.3 is 0 Å². The summed E-state index contributed by atoms with van der Waals surface area (Å²) in [5, 5.41) is 0. The van der Waals surface area contributed by atoms with Crippen LogP contribution < -0.4 is 0 Å². The summed E-state index contributed by atoms with van der Waals surface area (Å²) in [5.41, 5.74) is 2.44. The molecule has 0 bridgehead atoms. The second-order valence-electron chi connectivity index (χ2n) is 3.54. The number of allylic oxidation sites excluding steroid dienone is 2. The first-order valence-electron chi connectivity index (χ1n) is 6.01. The molecule has 0 N–H and O–H groups in total. The maximum Gasteiger partial charge on any atom is 0 e. The predicted molar refractivity (Wildman–Crippen MR) is 82.7 cm³/mol. The van der Waals surface area contributed by atoms with Crippen molar-refractivity contribution in [2.45, 2.75) is 0 Å². The molecule has 116 valence electrons. The fraction of sp³-hybridized carbons (Fsp3) is 0. The van der Waals surface area contributed by atoms with Crippen LogP contribution in [0.5, 0.6) is 0 Å². The number of benzene rings is 2. The SMILES string of the molecule is C(/C=C/c1ccccc1)=C\c1ccccc1.[C-]#[O+].[C-]#[O+].[C-]#[O+].[Fe]. The molecular formula is C19H14FeO3. The average molecular weight is 346 g/mol. The van der Waals surface area contributed by atoms with E-state index < -0.39 is 0 Å². The second-order valence-corrected chi connectivity index (χ2v) is 3.54. The summed E-state index contributed by atoms with van der Waals surface area (Å²) in [6.45, 7) is 13.5. The number of hydrogen-bond acceptors (Lipinski definition) is 0. The maximum absolute atomic E-state index is 7.50. The molecule has 4 heteroatoms. The van der Waals surface area contributed by atoms with E-state index in [2.05, 4.69) is 68.5 Å². The standard InChI is InChI=1S/C16H14.3CO.Fe/c1-3-9-15(10-4-1)13-7-8-14-16-11-5-2-6-12-16;3*1-2;/h1-14H;;;;/b13-7+,14-8+;;;;. The van der Waals surface area contributed by atoms with Gasteiger partial charge in [0, 0.05) is 17.1 Å². The van der Waals surface area contributed by atoms with Crippen LogP contribution in [0.25, 0.3) is 12.2 Å². The third-order valence-corrected chi connectivity index (χ3v) is 2.29. The summed E-state index contributed by atoms with van der Waals surface area (Å²) >= 11 is 0.